The summed E-state index contributed by atoms with van der Waals surface area (Å²) in [6.07, 6.45) is 3.36. The first-order valence-electron chi connectivity index (χ1n) is 5.89. The van der Waals surface area contributed by atoms with Crippen molar-refractivity contribution in [3.8, 4) is 0 Å². The first-order valence-corrected chi connectivity index (χ1v) is 5.89. The zero-order chi connectivity index (χ0) is 11.5. The van der Waals surface area contributed by atoms with Gasteiger partial charge in [0, 0.05) is 12.7 Å². The van der Waals surface area contributed by atoms with Crippen LogP contribution in [0.3, 0.4) is 0 Å². The van der Waals surface area contributed by atoms with Crippen LogP contribution in [0, 0.1) is 0 Å². The largest absolute Gasteiger partial charge is 0.374 e. The number of aromatic nitrogens is 1. The Bertz CT molecular complexity index is 211. The molecule has 0 N–H and O–H groups in total. The van der Waals surface area contributed by atoms with Crippen molar-refractivity contribution in [1.29, 1.82) is 0 Å². The average Bonchev–Trinajstić information content (AvgIpc) is 2.74. The van der Waals surface area contributed by atoms with Crippen LogP contribution < -0.4 is 0 Å². The summed E-state index contributed by atoms with van der Waals surface area (Å²) < 4.78 is 10.3. The Morgan fingerprint density at radius 2 is 2.07 bits per heavy atom. The molecule has 0 radical (unpaired) electrons. The van der Waals surface area contributed by atoms with Gasteiger partial charge in [-0.3, -0.25) is 0 Å². The molecule has 0 fully saturated rings. The van der Waals surface area contributed by atoms with E-state index in [0.29, 0.717) is 13.2 Å². The molecule has 0 spiro atoms. The van der Waals surface area contributed by atoms with E-state index in [1.54, 1.807) is 0 Å². The normalized spacial score (nSPS) is 9.60. The highest BCUT2D eigenvalue weighted by Crippen LogP contribution is 2.07. The Morgan fingerprint density at radius 1 is 1.33 bits per heavy atom. The van der Waals surface area contributed by atoms with E-state index in [9.17, 15) is 0 Å². The van der Waals surface area contributed by atoms with Crippen LogP contribution in [0.5, 0.6) is 0 Å². The van der Waals surface area contributed by atoms with Crippen LogP contribution in [-0.4, -0.2) is 11.8 Å². The number of nitrogens with zero attached hydrogens (tertiary/aromatic N) is 1. The Hall–Kier alpha value is -0.830. The van der Waals surface area contributed by atoms with Gasteiger partial charge in [-0.05, 0) is 19.8 Å². The molecule has 88 valence electrons. The van der Waals surface area contributed by atoms with E-state index in [1.807, 2.05) is 26.8 Å². The van der Waals surface area contributed by atoms with Crippen molar-refractivity contribution in [3.05, 3.63) is 17.5 Å². The summed E-state index contributed by atoms with van der Waals surface area (Å²) in [5.41, 5.74) is 1.04. The third kappa shape index (κ3) is 6.28. The van der Waals surface area contributed by atoms with Gasteiger partial charge in [-0.1, -0.05) is 32.3 Å². The number of unbranched alkanes of at least 4 members (excludes halogenated alkanes) is 1. The summed E-state index contributed by atoms with van der Waals surface area (Å²) in [6.45, 7) is 9.39. The zero-order valence-corrected chi connectivity index (χ0v) is 10.4. The second-order valence-electron chi connectivity index (χ2n) is 3.03. The number of ether oxygens (including phenoxy) is 1. The Labute approximate surface area is 92.8 Å². The minimum absolute atomic E-state index is 0.537. The molecule has 15 heavy (non-hydrogen) atoms. The molecule has 3 nitrogen and oxygen atoms in total. The highest BCUT2D eigenvalue weighted by Gasteiger charge is 2.02. The lowest BCUT2D eigenvalue weighted by atomic mass is 10.2. The molecular weight excluding hydrogens is 190 g/mol. The molecule has 0 aromatic carbocycles. The molecule has 1 aromatic heterocycles. The second kappa shape index (κ2) is 9.71. The second-order valence-corrected chi connectivity index (χ2v) is 3.03. The lowest BCUT2D eigenvalue weighted by Crippen LogP contribution is -1.88. The molecule has 0 aliphatic heterocycles. The SMILES string of the molecule is CC.CCCCc1cc(COCC)on1. The van der Waals surface area contributed by atoms with Crippen LogP contribution in [0.15, 0.2) is 10.6 Å². The summed E-state index contributed by atoms with van der Waals surface area (Å²) in [5.74, 6) is 0.827. The third-order valence-electron chi connectivity index (χ3n) is 1.84. The average molecular weight is 213 g/mol. The van der Waals surface area contributed by atoms with Crippen LogP contribution in [0.4, 0.5) is 0 Å². The molecule has 0 saturated heterocycles. The van der Waals surface area contributed by atoms with E-state index in [1.165, 1.54) is 12.8 Å². The lowest BCUT2D eigenvalue weighted by Gasteiger charge is -1.93. The molecule has 0 aliphatic rings. The van der Waals surface area contributed by atoms with E-state index in [4.69, 9.17) is 9.26 Å². The molecule has 0 aliphatic carbocycles. The van der Waals surface area contributed by atoms with Crippen LogP contribution in [0.1, 0.15) is 52.0 Å². The van der Waals surface area contributed by atoms with Gasteiger partial charge in [-0.25, -0.2) is 0 Å². The molecule has 1 heterocycles. The summed E-state index contributed by atoms with van der Waals surface area (Å²) in [4.78, 5) is 0. The summed E-state index contributed by atoms with van der Waals surface area (Å²) in [5, 5.41) is 3.95. The quantitative estimate of drug-likeness (QED) is 0.724. The van der Waals surface area contributed by atoms with Gasteiger partial charge in [0.05, 0.1) is 5.69 Å². The van der Waals surface area contributed by atoms with Crippen molar-refractivity contribution in [2.45, 2.75) is 53.6 Å². The molecule has 0 saturated carbocycles. The predicted molar refractivity (Wildman–Crippen MR) is 61.8 cm³/mol. The van der Waals surface area contributed by atoms with Gasteiger partial charge in [0.2, 0.25) is 0 Å². The predicted octanol–water partition coefficient (Wildman–Crippen LogP) is 3.58. The van der Waals surface area contributed by atoms with Crippen molar-refractivity contribution in [2.24, 2.45) is 0 Å². The topological polar surface area (TPSA) is 35.3 Å². The zero-order valence-electron chi connectivity index (χ0n) is 10.4. The van der Waals surface area contributed by atoms with Crippen LogP contribution in [0.25, 0.3) is 0 Å². The first kappa shape index (κ1) is 14.2. The maximum Gasteiger partial charge on any atom is 0.162 e. The third-order valence-corrected chi connectivity index (χ3v) is 1.84. The fourth-order valence-corrected chi connectivity index (χ4v) is 1.10. The Kier molecular flexibility index (Phi) is 9.18. The standard InChI is InChI=1S/C10H17NO2.C2H6/c1-3-5-6-9-7-10(13-11-9)8-12-4-2;1-2/h7H,3-6,8H2,1-2H3;1-2H3. The van der Waals surface area contributed by atoms with E-state index in [-0.39, 0.29) is 0 Å². The van der Waals surface area contributed by atoms with Gasteiger partial charge in [0.1, 0.15) is 6.61 Å². The van der Waals surface area contributed by atoms with Gasteiger partial charge >= 0.3 is 0 Å². The minimum atomic E-state index is 0.537. The van der Waals surface area contributed by atoms with Crippen molar-refractivity contribution < 1.29 is 9.26 Å². The molecule has 0 amide bonds. The van der Waals surface area contributed by atoms with Gasteiger partial charge in [-0.15, -0.1) is 0 Å². The molecule has 0 bridgehead atoms. The Balaban J connectivity index is 0.000000921. The van der Waals surface area contributed by atoms with Crippen molar-refractivity contribution in [3.63, 3.8) is 0 Å². The molecular formula is C12H23NO2. The maximum atomic E-state index is 5.20. The maximum absolute atomic E-state index is 5.20. The molecule has 1 aromatic rings. The number of hydrogen-bond acceptors (Lipinski definition) is 3. The molecule has 0 atom stereocenters. The molecule has 1 rings (SSSR count). The van der Waals surface area contributed by atoms with Crippen LogP contribution >= 0.6 is 0 Å². The van der Waals surface area contributed by atoms with E-state index in [0.717, 1.165) is 17.9 Å². The number of hydrogen-bond donors (Lipinski definition) is 0. The van der Waals surface area contributed by atoms with Crippen LogP contribution in [-0.2, 0) is 17.8 Å². The monoisotopic (exact) mass is 213 g/mol. The fraction of sp³-hybridized carbons (Fsp3) is 0.750. The molecule has 0 unspecified atom stereocenters. The van der Waals surface area contributed by atoms with Gasteiger partial charge in [-0.2, -0.15) is 0 Å². The highest BCUT2D eigenvalue weighted by atomic mass is 16.5. The van der Waals surface area contributed by atoms with E-state index in [2.05, 4.69) is 12.1 Å². The van der Waals surface area contributed by atoms with Gasteiger partial charge in [0.15, 0.2) is 5.76 Å². The first-order chi connectivity index (χ1) is 7.36. The number of rotatable bonds is 6. The smallest absolute Gasteiger partial charge is 0.162 e. The highest BCUT2D eigenvalue weighted by molar-refractivity contribution is 5.04. The van der Waals surface area contributed by atoms with E-state index >= 15 is 0 Å². The van der Waals surface area contributed by atoms with Crippen LogP contribution in [0.2, 0.25) is 0 Å². The van der Waals surface area contributed by atoms with Crippen molar-refractivity contribution in [2.75, 3.05) is 6.61 Å². The van der Waals surface area contributed by atoms with E-state index < -0.39 is 0 Å². The molecule has 3 heteroatoms. The summed E-state index contributed by atoms with van der Waals surface area (Å²) >= 11 is 0. The minimum Gasteiger partial charge on any atom is -0.374 e. The van der Waals surface area contributed by atoms with Gasteiger partial charge in [0.25, 0.3) is 0 Å². The Morgan fingerprint density at radius 3 is 2.67 bits per heavy atom. The van der Waals surface area contributed by atoms with Gasteiger partial charge < -0.3 is 9.26 Å². The summed E-state index contributed by atoms with van der Waals surface area (Å²) in [6, 6.07) is 1.98. The van der Waals surface area contributed by atoms with Crippen molar-refractivity contribution in [1.82, 2.24) is 5.16 Å². The van der Waals surface area contributed by atoms with Crippen molar-refractivity contribution >= 4 is 0 Å². The lowest BCUT2D eigenvalue weighted by molar-refractivity contribution is 0.112. The number of aryl methyl sites for hydroxylation is 1. The summed E-state index contributed by atoms with van der Waals surface area (Å²) in [7, 11) is 0. The fourth-order valence-electron chi connectivity index (χ4n) is 1.10.